The maximum absolute atomic E-state index is 13.2. The zero-order valence-corrected chi connectivity index (χ0v) is 19.0. The number of aryl methyl sites for hydroxylation is 1. The van der Waals surface area contributed by atoms with Crippen molar-refractivity contribution in [3.8, 4) is 0 Å². The molecule has 0 fully saturated rings. The van der Waals surface area contributed by atoms with Crippen molar-refractivity contribution in [3.63, 3.8) is 0 Å². The Hall–Kier alpha value is -5.19. The Balaban J connectivity index is 1.66. The van der Waals surface area contributed by atoms with Gasteiger partial charge in [0.15, 0.2) is 6.04 Å². The summed E-state index contributed by atoms with van der Waals surface area (Å²) in [4.78, 5) is 48.9. The Kier molecular flexibility index (Phi) is 6.91. The molecule has 4 aromatic rings. The van der Waals surface area contributed by atoms with Crippen LogP contribution in [-0.2, 0) is 4.79 Å². The number of rotatable bonds is 7. The molecule has 1 aromatic heterocycles. The van der Waals surface area contributed by atoms with E-state index in [-0.39, 0.29) is 11.4 Å². The number of nitro groups is 1. The van der Waals surface area contributed by atoms with E-state index < -0.39 is 28.3 Å². The summed E-state index contributed by atoms with van der Waals surface area (Å²) in [5, 5.41) is 24.8. The van der Waals surface area contributed by atoms with E-state index in [2.05, 4.69) is 26.0 Å². The molecule has 4 rings (SSSR count). The largest absolute Gasteiger partial charge is 0.335 e. The summed E-state index contributed by atoms with van der Waals surface area (Å²) < 4.78 is 0. The predicted octanol–water partition coefficient (Wildman–Crippen LogP) is 2.76. The molecule has 0 aliphatic heterocycles. The Morgan fingerprint density at radius 1 is 1.06 bits per heavy atom. The van der Waals surface area contributed by atoms with Gasteiger partial charge in [0.1, 0.15) is 5.69 Å². The van der Waals surface area contributed by atoms with Crippen LogP contribution in [0.1, 0.15) is 33.2 Å². The zero-order chi connectivity index (χ0) is 25.7. The average molecular weight is 484 g/mol. The fourth-order valence-corrected chi connectivity index (χ4v) is 3.56. The SMILES string of the molecule is Cc1ccc(/C=N\NC(=O)[C@H](NC(=O)c2ccccc2)c2n[nH]c(=O)c3ccccc23)cc1[N+](=O)[O-]. The third-order valence-electron chi connectivity index (χ3n) is 5.39. The second-order valence-corrected chi connectivity index (χ2v) is 7.79. The number of nitrogens with zero attached hydrogens (tertiary/aromatic N) is 3. The number of hydrogen-bond donors (Lipinski definition) is 3. The molecular weight excluding hydrogens is 464 g/mol. The van der Waals surface area contributed by atoms with Crippen LogP contribution in [0.15, 0.2) is 82.7 Å². The molecule has 0 saturated carbocycles. The number of hydrazone groups is 1. The molecule has 0 aliphatic rings. The number of hydrogen-bond acceptors (Lipinski definition) is 7. The van der Waals surface area contributed by atoms with Gasteiger partial charge in [-0.2, -0.15) is 10.2 Å². The first kappa shape index (κ1) is 24.0. The molecule has 3 N–H and O–H groups in total. The maximum Gasteiger partial charge on any atom is 0.272 e. The van der Waals surface area contributed by atoms with Crippen molar-refractivity contribution in [2.45, 2.75) is 13.0 Å². The number of aromatic nitrogens is 2. The highest BCUT2D eigenvalue weighted by Gasteiger charge is 2.27. The molecule has 0 spiro atoms. The molecule has 180 valence electrons. The van der Waals surface area contributed by atoms with Gasteiger partial charge < -0.3 is 5.32 Å². The highest BCUT2D eigenvalue weighted by atomic mass is 16.6. The van der Waals surface area contributed by atoms with E-state index in [0.29, 0.717) is 27.5 Å². The van der Waals surface area contributed by atoms with Gasteiger partial charge in [0.25, 0.3) is 23.1 Å². The molecule has 3 aromatic carbocycles. The topological polar surface area (TPSA) is 159 Å². The van der Waals surface area contributed by atoms with Crippen molar-refractivity contribution in [1.29, 1.82) is 0 Å². The number of fused-ring (bicyclic) bond motifs is 1. The second kappa shape index (κ2) is 10.4. The van der Waals surface area contributed by atoms with E-state index in [1.54, 1.807) is 73.7 Å². The van der Waals surface area contributed by atoms with Gasteiger partial charge in [-0.1, -0.05) is 48.5 Å². The first-order valence-electron chi connectivity index (χ1n) is 10.8. The molecule has 0 bridgehead atoms. The Bertz CT molecular complexity index is 1550. The molecule has 36 heavy (non-hydrogen) atoms. The minimum absolute atomic E-state index is 0.0813. The van der Waals surface area contributed by atoms with Crippen LogP contribution in [0.3, 0.4) is 0 Å². The smallest absolute Gasteiger partial charge is 0.272 e. The predicted molar refractivity (Wildman–Crippen MR) is 133 cm³/mol. The lowest BCUT2D eigenvalue weighted by molar-refractivity contribution is -0.385. The highest BCUT2D eigenvalue weighted by Crippen LogP contribution is 2.21. The van der Waals surface area contributed by atoms with Crippen LogP contribution in [0, 0.1) is 17.0 Å². The number of benzene rings is 3. The van der Waals surface area contributed by atoms with E-state index in [4.69, 9.17) is 0 Å². The van der Waals surface area contributed by atoms with E-state index in [9.17, 15) is 24.5 Å². The Labute approximate surface area is 204 Å². The third-order valence-corrected chi connectivity index (χ3v) is 5.39. The van der Waals surface area contributed by atoms with Gasteiger partial charge in [-0.25, -0.2) is 10.5 Å². The average Bonchev–Trinajstić information content (AvgIpc) is 2.89. The number of H-pyrrole nitrogens is 1. The standard InChI is InChI=1S/C25H20N6O5/c1-15-11-12-16(13-20(15)31(35)36)14-26-29-25(34)22(27-23(32)17-7-3-2-4-8-17)21-18-9-5-6-10-19(18)24(33)30-28-21/h2-14,22H,1H3,(H,27,32)(H,29,34)(H,30,33)/b26-14-/t22-/m1/s1. The Morgan fingerprint density at radius 2 is 1.75 bits per heavy atom. The van der Waals surface area contributed by atoms with Gasteiger partial charge in [0.2, 0.25) is 0 Å². The Morgan fingerprint density at radius 3 is 2.47 bits per heavy atom. The number of carbonyl (C=O) groups excluding carboxylic acids is 2. The van der Waals surface area contributed by atoms with Crippen molar-refractivity contribution in [2.75, 3.05) is 0 Å². The van der Waals surface area contributed by atoms with Crippen molar-refractivity contribution < 1.29 is 14.5 Å². The maximum atomic E-state index is 13.2. The fourth-order valence-electron chi connectivity index (χ4n) is 3.56. The summed E-state index contributed by atoms with van der Waals surface area (Å²) in [6, 6.07) is 18.0. The molecule has 0 radical (unpaired) electrons. The lowest BCUT2D eigenvalue weighted by Crippen LogP contribution is -2.40. The second-order valence-electron chi connectivity index (χ2n) is 7.79. The van der Waals surface area contributed by atoms with Crippen molar-refractivity contribution in [3.05, 3.63) is 116 Å². The van der Waals surface area contributed by atoms with E-state index in [0.717, 1.165) is 0 Å². The van der Waals surface area contributed by atoms with Gasteiger partial charge in [0.05, 0.1) is 16.5 Å². The lowest BCUT2D eigenvalue weighted by atomic mass is 10.0. The summed E-state index contributed by atoms with van der Waals surface area (Å²) in [6.07, 6.45) is 1.25. The number of nitrogens with one attached hydrogen (secondary N) is 3. The first-order chi connectivity index (χ1) is 17.3. The van der Waals surface area contributed by atoms with Crippen LogP contribution in [-0.4, -0.2) is 33.1 Å². The molecule has 0 unspecified atom stereocenters. The first-order valence-corrected chi connectivity index (χ1v) is 10.8. The minimum Gasteiger partial charge on any atom is -0.335 e. The lowest BCUT2D eigenvalue weighted by Gasteiger charge is -2.18. The normalized spacial score (nSPS) is 11.8. The van der Waals surface area contributed by atoms with Crippen LogP contribution >= 0.6 is 0 Å². The monoisotopic (exact) mass is 484 g/mol. The van der Waals surface area contributed by atoms with Crippen molar-refractivity contribution in [2.24, 2.45) is 5.10 Å². The summed E-state index contributed by atoms with van der Waals surface area (Å²) >= 11 is 0. The van der Waals surface area contributed by atoms with Crippen LogP contribution in [0.2, 0.25) is 0 Å². The van der Waals surface area contributed by atoms with Gasteiger partial charge in [-0.15, -0.1) is 0 Å². The quantitative estimate of drug-likeness (QED) is 0.208. The fraction of sp³-hybridized carbons (Fsp3) is 0.0800. The van der Waals surface area contributed by atoms with E-state index in [1.807, 2.05) is 0 Å². The molecule has 2 amide bonds. The van der Waals surface area contributed by atoms with Crippen LogP contribution in [0.4, 0.5) is 5.69 Å². The summed E-state index contributed by atoms with van der Waals surface area (Å²) in [5.41, 5.74) is 3.14. The molecule has 11 heteroatoms. The molecule has 0 aliphatic carbocycles. The van der Waals surface area contributed by atoms with E-state index in [1.165, 1.54) is 12.3 Å². The third kappa shape index (κ3) is 5.14. The van der Waals surface area contributed by atoms with Gasteiger partial charge in [-0.05, 0) is 25.1 Å². The molecular formula is C25H20N6O5. The number of carbonyl (C=O) groups is 2. The van der Waals surface area contributed by atoms with Crippen molar-refractivity contribution >= 4 is 34.5 Å². The molecule has 11 nitrogen and oxygen atoms in total. The van der Waals surface area contributed by atoms with Crippen LogP contribution in [0.25, 0.3) is 10.8 Å². The van der Waals surface area contributed by atoms with Crippen LogP contribution < -0.4 is 16.3 Å². The highest BCUT2D eigenvalue weighted by molar-refractivity contribution is 5.99. The number of nitro benzene ring substituents is 1. The summed E-state index contributed by atoms with van der Waals surface area (Å²) in [5.74, 6) is -1.27. The van der Waals surface area contributed by atoms with Gasteiger partial charge in [-0.3, -0.25) is 24.5 Å². The van der Waals surface area contributed by atoms with Gasteiger partial charge >= 0.3 is 0 Å². The number of aromatic amines is 1. The molecule has 1 atom stereocenters. The minimum atomic E-state index is -1.32. The summed E-state index contributed by atoms with van der Waals surface area (Å²) in [6.45, 7) is 1.61. The molecule has 1 heterocycles. The number of amides is 2. The van der Waals surface area contributed by atoms with E-state index >= 15 is 0 Å². The summed E-state index contributed by atoms with van der Waals surface area (Å²) in [7, 11) is 0. The molecule has 0 saturated heterocycles. The van der Waals surface area contributed by atoms with Crippen LogP contribution in [0.5, 0.6) is 0 Å². The van der Waals surface area contributed by atoms with Gasteiger partial charge in [0, 0.05) is 28.1 Å². The van der Waals surface area contributed by atoms with Crippen molar-refractivity contribution in [1.82, 2.24) is 20.9 Å². The zero-order valence-electron chi connectivity index (χ0n) is 19.0.